The maximum Gasteiger partial charge on any atom is 0.156 e. The zero-order chi connectivity index (χ0) is 12.3. The van der Waals surface area contributed by atoms with Gasteiger partial charge in [-0.1, -0.05) is 0 Å². The zero-order valence-electron chi connectivity index (χ0n) is 10.6. The first kappa shape index (κ1) is 13.2. The summed E-state index contributed by atoms with van der Waals surface area (Å²) in [5, 5.41) is 14.1. The molecule has 2 atom stereocenters. The van der Waals surface area contributed by atoms with E-state index in [2.05, 4.69) is 5.32 Å². The first-order valence-electron chi connectivity index (χ1n) is 6.27. The molecular formula is C12H23NO4. The van der Waals surface area contributed by atoms with E-state index in [1.807, 2.05) is 0 Å². The highest BCUT2D eigenvalue weighted by molar-refractivity contribution is 4.97. The Bertz CT molecular complexity index is 233. The fraction of sp³-hybridized carbons (Fsp3) is 1.00. The van der Waals surface area contributed by atoms with Crippen molar-refractivity contribution in [3.63, 3.8) is 0 Å². The summed E-state index contributed by atoms with van der Waals surface area (Å²) in [5.41, 5.74) is -0.598. The van der Waals surface area contributed by atoms with Crippen LogP contribution in [-0.2, 0) is 14.2 Å². The molecule has 5 heteroatoms. The third-order valence-corrected chi connectivity index (χ3v) is 3.73. The van der Waals surface area contributed by atoms with E-state index in [9.17, 15) is 5.11 Å². The predicted molar refractivity (Wildman–Crippen MR) is 62.8 cm³/mol. The number of aliphatic hydroxyl groups is 1. The van der Waals surface area contributed by atoms with Crippen molar-refractivity contribution >= 4 is 0 Å². The van der Waals surface area contributed by atoms with E-state index in [0.29, 0.717) is 19.6 Å². The van der Waals surface area contributed by atoms with Crippen LogP contribution in [0.3, 0.4) is 0 Å². The fourth-order valence-corrected chi connectivity index (χ4v) is 2.94. The second-order valence-electron chi connectivity index (χ2n) is 5.17. The van der Waals surface area contributed by atoms with Gasteiger partial charge in [-0.05, 0) is 19.3 Å². The van der Waals surface area contributed by atoms with Crippen molar-refractivity contribution in [2.24, 2.45) is 0 Å². The summed E-state index contributed by atoms with van der Waals surface area (Å²) in [6, 6.07) is 0.576. The van der Waals surface area contributed by atoms with Crippen molar-refractivity contribution < 1.29 is 19.3 Å². The molecule has 0 spiro atoms. The van der Waals surface area contributed by atoms with Gasteiger partial charge in [-0.25, -0.2) is 0 Å². The second-order valence-corrected chi connectivity index (χ2v) is 5.17. The zero-order valence-corrected chi connectivity index (χ0v) is 10.6. The van der Waals surface area contributed by atoms with Gasteiger partial charge in [-0.15, -0.1) is 0 Å². The summed E-state index contributed by atoms with van der Waals surface area (Å²) in [4.78, 5) is 0. The average Bonchev–Trinajstić information content (AvgIpc) is 2.29. The Hall–Kier alpha value is -0.200. The van der Waals surface area contributed by atoms with Crippen molar-refractivity contribution in [2.75, 3.05) is 27.4 Å². The molecule has 2 aliphatic heterocycles. The van der Waals surface area contributed by atoms with Gasteiger partial charge in [0.25, 0.3) is 0 Å². The quantitative estimate of drug-likeness (QED) is 0.681. The van der Waals surface area contributed by atoms with Gasteiger partial charge in [0.1, 0.15) is 0 Å². The third kappa shape index (κ3) is 3.39. The Morgan fingerprint density at radius 2 is 1.88 bits per heavy atom. The van der Waals surface area contributed by atoms with Crippen LogP contribution in [0.4, 0.5) is 0 Å². The van der Waals surface area contributed by atoms with Crippen LogP contribution in [0, 0.1) is 0 Å². The van der Waals surface area contributed by atoms with E-state index in [-0.39, 0.29) is 18.4 Å². The third-order valence-electron chi connectivity index (χ3n) is 3.73. The van der Waals surface area contributed by atoms with E-state index in [0.717, 1.165) is 19.3 Å². The molecule has 2 unspecified atom stereocenters. The van der Waals surface area contributed by atoms with Gasteiger partial charge < -0.3 is 24.6 Å². The molecule has 5 nitrogen and oxygen atoms in total. The minimum absolute atomic E-state index is 0.218. The lowest BCUT2D eigenvalue weighted by Gasteiger charge is -2.45. The van der Waals surface area contributed by atoms with Crippen molar-refractivity contribution in [3.05, 3.63) is 0 Å². The number of morpholine rings is 1. The van der Waals surface area contributed by atoms with E-state index in [1.165, 1.54) is 0 Å². The van der Waals surface area contributed by atoms with Crippen LogP contribution in [-0.4, -0.2) is 56.5 Å². The first-order chi connectivity index (χ1) is 8.15. The van der Waals surface area contributed by atoms with Crippen LogP contribution < -0.4 is 5.32 Å². The highest BCUT2D eigenvalue weighted by Gasteiger charge is 2.41. The van der Waals surface area contributed by atoms with Crippen molar-refractivity contribution in [1.29, 1.82) is 0 Å². The molecule has 2 rings (SSSR count). The number of nitrogens with one attached hydrogen (secondary N) is 1. The molecule has 0 amide bonds. The Morgan fingerprint density at radius 1 is 1.29 bits per heavy atom. The van der Waals surface area contributed by atoms with Crippen LogP contribution in [0.1, 0.15) is 25.7 Å². The molecule has 2 saturated heterocycles. The van der Waals surface area contributed by atoms with Crippen LogP contribution >= 0.6 is 0 Å². The van der Waals surface area contributed by atoms with Crippen molar-refractivity contribution in [3.8, 4) is 0 Å². The summed E-state index contributed by atoms with van der Waals surface area (Å²) >= 11 is 0. The van der Waals surface area contributed by atoms with Crippen molar-refractivity contribution in [2.45, 2.75) is 49.7 Å². The van der Waals surface area contributed by atoms with Gasteiger partial charge in [0, 0.05) is 32.7 Å². The largest absolute Gasteiger partial charge is 0.390 e. The Labute approximate surface area is 102 Å². The Morgan fingerprint density at radius 3 is 2.41 bits per heavy atom. The normalized spacial score (nSPS) is 37.4. The molecule has 100 valence electrons. The summed E-state index contributed by atoms with van der Waals surface area (Å²) in [5.74, 6) is 0. The monoisotopic (exact) mass is 245 g/mol. The molecule has 0 aliphatic carbocycles. The highest BCUT2D eigenvalue weighted by Crippen LogP contribution is 2.32. The van der Waals surface area contributed by atoms with Gasteiger partial charge in [0.05, 0.1) is 18.8 Å². The standard InChI is InChI=1S/C12H23NO4/c1-15-11(16-2)3-4-12(14)5-9-7-17-8-10(6-12)13-9/h9-11,13-14H,3-8H2,1-2H3. The number of rotatable bonds is 5. The van der Waals surface area contributed by atoms with Crippen LogP contribution in [0.15, 0.2) is 0 Å². The molecule has 0 aromatic heterocycles. The van der Waals surface area contributed by atoms with E-state index >= 15 is 0 Å². The van der Waals surface area contributed by atoms with Gasteiger partial charge >= 0.3 is 0 Å². The maximum atomic E-state index is 10.6. The lowest BCUT2D eigenvalue weighted by molar-refractivity contribution is -0.129. The maximum absolute atomic E-state index is 10.6. The minimum Gasteiger partial charge on any atom is -0.390 e. The molecule has 0 aromatic carbocycles. The second kappa shape index (κ2) is 5.63. The molecule has 2 heterocycles. The molecule has 2 N–H and O–H groups in total. The Kier molecular flexibility index (Phi) is 4.38. The highest BCUT2D eigenvalue weighted by atomic mass is 16.7. The average molecular weight is 245 g/mol. The lowest BCUT2D eigenvalue weighted by Crippen LogP contribution is -2.59. The topological polar surface area (TPSA) is 60.0 Å². The minimum atomic E-state index is -0.598. The SMILES string of the molecule is COC(CCC1(O)CC2COCC(C1)N2)OC. The smallest absolute Gasteiger partial charge is 0.156 e. The first-order valence-corrected chi connectivity index (χ1v) is 6.27. The van der Waals surface area contributed by atoms with Crippen LogP contribution in [0.5, 0.6) is 0 Å². The number of piperidine rings is 1. The van der Waals surface area contributed by atoms with Crippen LogP contribution in [0.2, 0.25) is 0 Å². The molecule has 17 heavy (non-hydrogen) atoms. The number of hydrogen-bond donors (Lipinski definition) is 2. The number of hydrogen-bond acceptors (Lipinski definition) is 5. The van der Waals surface area contributed by atoms with Crippen LogP contribution in [0.25, 0.3) is 0 Å². The molecule has 2 fully saturated rings. The summed E-state index contributed by atoms with van der Waals surface area (Å²) in [6.07, 6.45) is 2.73. The molecular weight excluding hydrogens is 222 g/mol. The predicted octanol–water partition coefficient (Wildman–Crippen LogP) is 0.267. The fourth-order valence-electron chi connectivity index (χ4n) is 2.94. The molecule has 0 radical (unpaired) electrons. The lowest BCUT2D eigenvalue weighted by atomic mass is 9.80. The van der Waals surface area contributed by atoms with Gasteiger partial charge in [0.2, 0.25) is 0 Å². The van der Waals surface area contributed by atoms with E-state index in [1.54, 1.807) is 14.2 Å². The molecule has 2 aliphatic rings. The van der Waals surface area contributed by atoms with Gasteiger partial charge in [-0.2, -0.15) is 0 Å². The molecule has 0 aromatic rings. The van der Waals surface area contributed by atoms with E-state index < -0.39 is 5.60 Å². The molecule has 2 bridgehead atoms. The van der Waals surface area contributed by atoms with Gasteiger partial charge in [-0.3, -0.25) is 0 Å². The number of fused-ring (bicyclic) bond motifs is 2. The summed E-state index contributed by atoms with van der Waals surface area (Å²) in [7, 11) is 3.26. The number of ether oxygens (including phenoxy) is 3. The summed E-state index contributed by atoms with van der Waals surface area (Å²) in [6.45, 7) is 1.41. The van der Waals surface area contributed by atoms with Crippen molar-refractivity contribution in [1.82, 2.24) is 5.32 Å². The number of methoxy groups -OCH3 is 2. The van der Waals surface area contributed by atoms with E-state index in [4.69, 9.17) is 14.2 Å². The summed E-state index contributed by atoms with van der Waals surface area (Å²) < 4.78 is 15.8. The van der Waals surface area contributed by atoms with Gasteiger partial charge in [0.15, 0.2) is 6.29 Å². The Balaban J connectivity index is 1.86. The molecule has 0 saturated carbocycles.